The molecule has 0 saturated heterocycles. The lowest BCUT2D eigenvalue weighted by molar-refractivity contribution is 0.411. The van der Waals surface area contributed by atoms with Gasteiger partial charge >= 0.3 is 0 Å². The largest absolute Gasteiger partial charge is 0.312 e. The van der Waals surface area contributed by atoms with Gasteiger partial charge in [0.15, 0.2) is 0 Å². The van der Waals surface area contributed by atoms with Crippen LogP contribution in [0.5, 0.6) is 0 Å². The van der Waals surface area contributed by atoms with Crippen LogP contribution in [-0.2, 0) is 6.54 Å². The average molecular weight is 249 g/mol. The fraction of sp³-hybridized carbons (Fsp3) is 0.467. The first-order chi connectivity index (χ1) is 8.72. The van der Waals surface area contributed by atoms with Crippen molar-refractivity contribution in [3.05, 3.63) is 47.5 Å². The van der Waals surface area contributed by atoms with Gasteiger partial charge in [0.2, 0.25) is 0 Å². The molecule has 0 heterocycles. The van der Waals surface area contributed by atoms with E-state index in [1.54, 1.807) is 0 Å². The molecule has 18 heavy (non-hydrogen) atoms. The van der Waals surface area contributed by atoms with Crippen molar-refractivity contribution in [3.8, 4) is 0 Å². The van der Waals surface area contributed by atoms with E-state index < -0.39 is 11.6 Å². The van der Waals surface area contributed by atoms with E-state index >= 15 is 0 Å². The van der Waals surface area contributed by atoms with Crippen molar-refractivity contribution in [3.63, 3.8) is 0 Å². The Bertz CT molecular complexity index is 470. The van der Waals surface area contributed by atoms with Gasteiger partial charge in [0.05, 0.1) is 0 Å². The first-order valence-electron chi connectivity index (χ1n) is 6.55. The van der Waals surface area contributed by atoms with Crippen molar-refractivity contribution in [2.75, 3.05) is 6.54 Å². The smallest absolute Gasteiger partial charge is 0.130 e. The molecule has 1 aromatic carbocycles. The summed E-state index contributed by atoms with van der Waals surface area (Å²) >= 11 is 0. The summed E-state index contributed by atoms with van der Waals surface area (Å²) in [6.45, 7) is 1.39. The fourth-order valence-corrected chi connectivity index (χ4v) is 3.19. The third kappa shape index (κ3) is 2.32. The van der Waals surface area contributed by atoms with Gasteiger partial charge in [-0.05, 0) is 43.2 Å². The van der Waals surface area contributed by atoms with Crippen LogP contribution in [0.2, 0.25) is 0 Å². The predicted molar refractivity (Wildman–Crippen MR) is 66.9 cm³/mol. The minimum absolute atomic E-state index is 0.463. The number of halogens is 2. The number of rotatable bonds is 4. The molecule has 3 heteroatoms. The van der Waals surface area contributed by atoms with Crippen LogP contribution in [0.1, 0.15) is 18.4 Å². The Morgan fingerprint density at radius 1 is 1.17 bits per heavy atom. The molecule has 3 atom stereocenters. The molecule has 3 rings (SSSR count). The zero-order chi connectivity index (χ0) is 12.5. The Morgan fingerprint density at radius 3 is 2.72 bits per heavy atom. The van der Waals surface area contributed by atoms with E-state index in [4.69, 9.17) is 0 Å². The first kappa shape index (κ1) is 11.8. The third-order valence-corrected chi connectivity index (χ3v) is 4.15. The van der Waals surface area contributed by atoms with Crippen LogP contribution in [0.4, 0.5) is 8.78 Å². The van der Waals surface area contributed by atoms with Crippen LogP contribution < -0.4 is 5.32 Å². The van der Waals surface area contributed by atoms with Crippen molar-refractivity contribution >= 4 is 0 Å². The van der Waals surface area contributed by atoms with Crippen molar-refractivity contribution in [1.82, 2.24) is 5.32 Å². The molecule has 1 saturated carbocycles. The maximum atomic E-state index is 13.4. The van der Waals surface area contributed by atoms with Gasteiger partial charge in [0, 0.05) is 18.2 Å². The summed E-state index contributed by atoms with van der Waals surface area (Å²) in [5.74, 6) is 1.18. The molecular weight excluding hydrogens is 232 g/mol. The fourth-order valence-electron chi connectivity index (χ4n) is 3.19. The highest BCUT2D eigenvalue weighted by atomic mass is 19.1. The number of allylic oxidation sites excluding steroid dienone is 2. The molecule has 1 nitrogen and oxygen atoms in total. The minimum atomic E-state index is -0.519. The topological polar surface area (TPSA) is 12.0 Å². The monoisotopic (exact) mass is 249 g/mol. The number of nitrogens with one attached hydrogen (secondary N) is 1. The van der Waals surface area contributed by atoms with Crippen LogP contribution in [0, 0.1) is 29.4 Å². The molecule has 96 valence electrons. The maximum Gasteiger partial charge on any atom is 0.130 e. The second kappa shape index (κ2) is 4.81. The molecule has 0 amide bonds. The van der Waals surface area contributed by atoms with Crippen LogP contribution in [0.15, 0.2) is 30.4 Å². The Morgan fingerprint density at radius 2 is 2.06 bits per heavy atom. The summed E-state index contributed by atoms with van der Waals surface area (Å²) in [6.07, 6.45) is 7.18. The lowest BCUT2D eigenvalue weighted by Crippen LogP contribution is -2.25. The van der Waals surface area contributed by atoms with Gasteiger partial charge in [-0.3, -0.25) is 0 Å². The lowest BCUT2D eigenvalue weighted by Gasteiger charge is -2.18. The highest BCUT2D eigenvalue weighted by molar-refractivity contribution is 5.18. The summed E-state index contributed by atoms with van der Waals surface area (Å²) in [5.41, 5.74) is 0.537. The van der Waals surface area contributed by atoms with E-state index in [1.807, 2.05) is 0 Å². The summed E-state index contributed by atoms with van der Waals surface area (Å²) in [6, 6.07) is 3.76. The van der Waals surface area contributed by atoms with E-state index in [9.17, 15) is 8.78 Å². The van der Waals surface area contributed by atoms with Gasteiger partial charge in [0.1, 0.15) is 11.6 Å². The van der Waals surface area contributed by atoms with Crippen LogP contribution in [0.3, 0.4) is 0 Å². The average Bonchev–Trinajstić information content (AvgIpc) is 2.94. The number of benzene rings is 1. The zero-order valence-electron chi connectivity index (χ0n) is 10.2. The van der Waals surface area contributed by atoms with Crippen LogP contribution >= 0.6 is 0 Å². The van der Waals surface area contributed by atoms with E-state index in [0.29, 0.717) is 23.9 Å². The van der Waals surface area contributed by atoms with Gasteiger partial charge in [0.25, 0.3) is 0 Å². The van der Waals surface area contributed by atoms with Gasteiger partial charge in [-0.15, -0.1) is 0 Å². The van der Waals surface area contributed by atoms with Gasteiger partial charge < -0.3 is 5.32 Å². The lowest BCUT2D eigenvalue weighted by atomic mass is 9.93. The van der Waals surface area contributed by atoms with E-state index in [0.717, 1.165) is 18.5 Å². The molecule has 1 aromatic rings. The number of fused-ring (bicyclic) bond motifs is 2. The van der Waals surface area contributed by atoms with Crippen LogP contribution in [-0.4, -0.2) is 6.54 Å². The van der Waals surface area contributed by atoms with Crippen molar-refractivity contribution in [2.24, 2.45) is 17.8 Å². The summed E-state index contributed by atoms with van der Waals surface area (Å²) in [7, 11) is 0. The summed E-state index contributed by atoms with van der Waals surface area (Å²) in [4.78, 5) is 0. The maximum absolute atomic E-state index is 13.4. The Kier molecular flexibility index (Phi) is 3.16. The Balaban J connectivity index is 1.51. The third-order valence-electron chi connectivity index (χ3n) is 4.15. The number of hydrogen-bond acceptors (Lipinski definition) is 1. The van der Waals surface area contributed by atoms with E-state index in [1.165, 1.54) is 25.0 Å². The second-order valence-corrected chi connectivity index (χ2v) is 5.41. The highest BCUT2D eigenvalue weighted by Gasteiger charge is 2.34. The summed E-state index contributed by atoms with van der Waals surface area (Å²) in [5, 5.41) is 3.29. The van der Waals surface area contributed by atoms with E-state index in [2.05, 4.69) is 17.5 Å². The second-order valence-electron chi connectivity index (χ2n) is 5.41. The van der Waals surface area contributed by atoms with Gasteiger partial charge in [-0.2, -0.15) is 0 Å². The normalized spacial score (nSPS) is 29.1. The van der Waals surface area contributed by atoms with Crippen LogP contribution in [0.25, 0.3) is 0 Å². The predicted octanol–water partition coefficient (Wildman–Crippen LogP) is 3.27. The molecule has 2 bridgehead atoms. The molecule has 1 N–H and O–H groups in total. The highest BCUT2D eigenvalue weighted by Crippen LogP contribution is 2.42. The Labute approximate surface area is 106 Å². The quantitative estimate of drug-likeness (QED) is 0.808. The SMILES string of the molecule is Fc1ccc(CNCC2CC3C=CC2C3)c(F)c1. The molecule has 0 aromatic heterocycles. The minimum Gasteiger partial charge on any atom is -0.312 e. The molecule has 0 aliphatic heterocycles. The molecule has 0 spiro atoms. The van der Waals surface area contributed by atoms with Gasteiger partial charge in [-0.1, -0.05) is 18.2 Å². The molecule has 2 aliphatic carbocycles. The number of hydrogen-bond donors (Lipinski definition) is 1. The van der Waals surface area contributed by atoms with Gasteiger partial charge in [-0.25, -0.2) is 8.78 Å². The first-order valence-corrected chi connectivity index (χ1v) is 6.55. The molecule has 2 aliphatic rings. The molecule has 3 unspecified atom stereocenters. The summed E-state index contributed by atoms with van der Waals surface area (Å²) < 4.78 is 26.2. The standard InChI is InChI=1S/C15H17F2N/c16-14-4-3-12(15(17)7-14)8-18-9-13-6-10-1-2-11(13)5-10/h1-4,7,10-11,13,18H,5-6,8-9H2. The van der Waals surface area contributed by atoms with Crippen molar-refractivity contribution in [1.29, 1.82) is 0 Å². The zero-order valence-corrected chi connectivity index (χ0v) is 10.2. The molecule has 0 radical (unpaired) electrons. The Hall–Kier alpha value is -1.22. The van der Waals surface area contributed by atoms with Crippen molar-refractivity contribution < 1.29 is 8.78 Å². The molecule has 1 fully saturated rings. The molecular formula is C15H17F2N. The van der Waals surface area contributed by atoms with E-state index in [-0.39, 0.29) is 0 Å². The van der Waals surface area contributed by atoms with Crippen molar-refractivity contribution in [2.45, 2.75) is 19.4 Å².